The molecular weight excluding hydrogens is 334 g/mol. The largest absolute Gasteiger partial charge is 0.387 e. The SMILES string of the molecule is CN(C)S(=O)(=O)N1CC[C@]2(CC(C(=O)Nc3cccnc3)=NO2)C1. The number of amides is 1. The fourth-order valence-electron chi connectivity index (χ4n) is 2.74. The Morgan fingerprint density at radius 2 is 2.25 bits per heavy atom. The van der Waals surface area contributed by atoms with E-state index in [1.807, 2.05) is 0 Å². The zero-order valence-electron chi connectivity index (χ0n) is 13.5. The Bertz CT molecular complexity index is 765. The number of nitrogens with one attached hydrogen (secondary N) is 1. The summed E-state index contributed by atoms with van der Waals surface area (Å²) in [6.45, 7) is 0.522. The van der Waals surface area contributed by atoms with Gasteiger partial charge in [-0.3, -0.25) is 9.78 Å². The van der Waals surface area contributed by atoms with Crippen LogP contribution in [0.2, 0.25) is 0 Å². The maximum Gasteiger partial charge on any atom is 0.281 e. The molecule has 9 nitrogen and oxygen atoms in total. The predicted molar refractivity (Wildman–Crippen MR) is 87.5 cm³/mol. The van der Waals surface area contributed by atoms with Crippen LogP contribution < -0.4 is 5.32 Å². The molecular formula is C14H19N5O4S. The number of carbonyl (C=O) groups excluding carboxylic acids is 1. The molecule has 0 aromatic carbocycles. The van der Waals surface area contributed by atoms with Gasteiger partial charge in [0.15, 0.2) is 5.60 Å². The van der Waals surface area contributed by atoms with Crippen LogP contribution in [0.4, 0.5) is 5.69 Å². The molecule has 0 saturated carbocycles. The molecule has 0 unspecified atom stereocenters. The van der Waals surface area contributed by atoms with Crippen LogP contribution in [0.3, 0.4) is 0 Å². The van der Waals surface area contributed by atoms with Crippen LogP contribution in [-0.2, 0) is 19.8 Å². The molecule has 130 valence electrons. The average molecular weight is 353 g/mol. The number of nitrogens with zero attached hydrogens (tertiary/aromatic N) is 4. The van der Waals surface area contributed by atoms with Crippen molar-refractivity contribution in [2.45, 2.75) is 18.4 Å². The van der Waals surface area contributed by atoms with Crippen molar-refractivity contribution >= 4 is 27.5 Å². The standard InChI is InChI=1S/C14H19N5O4S/c1-18(2)24(21,22)19-7-5-14(10-19)8-12(17-23-14)13(20)16-11-4-3-6-15-9-11/h3-4,6,9H,5,7-8,10H2,1-2H3,(H,16,20)/t14-/m0/s1. The third-order valence-electron chi connectivity index (χ3n) is 4.09. The van der Waals surface area contributed by atoms with Gasteiger partial charge in [0, 0.05) is 39.7 Å². The molecule has 3 heterocycles. The Balaban J connectivity index is 1.64. The number of hydrogen-bond donors (Lipinski definition) is 1. The first-order chi connectivity index (χ1) is 11.3. The minimum atomic E-state index is -3.50. The average Bonchev–Trinajstić information content (AvgIpc) is 3.16. The van der Waals surface area contributed by atoms with Crippen molar-refractivity contribution in [2.24, 2.45) is 5.16 Å². The van der Waals surface area contributed by atoms with Gasteiger partial charge in [-0.2, -0.15) is 17.0 Å². The summed E-state index contributed by atoms with van der Waals surface area (Å²) in [6.07, 6.45) is 3.91. The van der Waals surface area contributed by atoms with E-state index in [1.54, 1.807) is 18.3 Å². The second-order valence-corrected chi connectivity index (χ2v) is 8.20. The van der Waals surface area contributed by atoms with Crippen molar-refractivity contribution in [3.8, 4) is 0 Å². The summed E-state index contributed by atoms with van der Waals surface area (Å²) in [4.78, 5) is 21.6. The summed E-state index contributed by atoms with van der Waals surface area (Å²) in [6, 6.07) is 3.43. The van der Waals surface area contributed by atoms with Gasteiger partial charge in [0.25, 0.3) is 16.1 Å². The molecule has 2 aliphatic heterocycles. The van der Waals surface area contributed by atoms with E-state index in [2.05, 4.69) is 15.5 Å². The van der Waals surface area contributed by atoms with Gasteiger partial charge in [0.1, 0.15) is 5.71 Å². The van der Waals surface area contributed by atoms with Crippen molar-refractivity contribution in [3.63, 3.8) is 0 Å². The van der Waals surface area contributed by atoms with Gasteiger partial charge in [-0.1, -0.05) is 5.16 Å². The monoisotopic (exact) mass is 353 g/mol. The third kappa shape index (κ3) is 3.12. The van der Waals surface area contributed by atoms with Crippen LogP contribution >= 0.6 is 0 Å². The van der Waals surface area contributed by atoms with E-state index >= 15 is 0 Å². The lowest BCUT2D eigenvalue weighted by Crippen LogP contribution is -2.42. The summed E-state index contributed by atoms with van der Waals surface area (Å²) in [5.41, 5.74) is 0.0577. The van der Waals surface area contributed by atoms with Crippen LogP contribution in [-0.4, -0.2) is 66.4 Å². The minimum Gasteiger partial charge on any atom is -0.387 e. The van der Waals surface area contributed by atoms with Gasteiger partial charge in [-0.25, -0.2) is 0 Å². The Hall–Kier alpha value is -2.04. The maximum atomic E-state index is 12.3. The second-order valence-electron chi connectivity index (χ2n) is 6.06. The van der Waals surface area contributed by atoms with Crippen molar-refractivity contribution < 1.29 is 18.0 Å². The highest BCUT2D eigenvalue weighted by molar-refractivity contribution is 7.86. The molecule has 1 amide bonds. The number of carbonyl (C=O) groups is 1. The molecule has 0 aliphatic carbocycles. The molecule has 24 heavy (non-hydrogen) atoms. The van der Waals surface area contributed by atoms with Crippen LogP contribution in [0.15, 0.2) is 29.7 Å². The van der Waals surface area contributed by atoms with E-state index in [9.17, 15) is 13.2 Å². The summed E-state index contributed by atoms with van der Waals surface area (Å²) in [7, 11) is -0.529. The number of pyridine rings is 1. The van der Waals surface area contributed by atoms with E-state index in [1.165, 1.54) is 24.6 Å². The molecule has 10 heteroatoms. The minimum absolute atomic E-state index is 0.181. The van der Waals surface area contributed by atoms with Gasteiger partial charge >= 0.3 is 0 Å². The molecule has 1 saturated heterocycles. The molecule has 1 spiro atoms. The molecule has 2 aliphatic rings. The van der Waals surface area contributed by atoms with Gasteiger partial charge in [-0.15, -0.1) is 0 Å². The van der Waals surface area contributed by atoms with Crippen LogP contribution in [0.1, 0.15) is 12.8 Å². The first kappa shape index (κ1) is 16.8. The number of anilines is 1. The van der Waals surface area contributed by atoms with E-state index in [0.717, 1.165) is 4.31 Å². The molecule has 1 fully saturated rings. The Morgan fingerprint density at radius 1 is 1.46 bits per heavy atom. The lowest BCUT2D eigenvalue weighted by molar-refractivity contribution is -0.110. The van der Waals surface area contributed by atoms with Crippen molar-refractivity contribution in [3.05, 3.63) is 24.5 Å². The van der Waals surface area contributed by atoms with Gasteiger partial charge < -0.3 is 10.2 Å². The maximum absolute atomic E-state index is 12.3. The van der Waals surface area contributed by atoms with Crippen LogP contribution in [0.25, 0.3) is 0 Å². The number of oxime groups is 1. The van der Waals surface area contributed by atoms with Crippen LogP contribution in [0, 0.1) is 0 Å². The highest BCUT2D eigenvalue weighted by Crippen LogP contribution is 2.35. The number of aromatic nitrogens is 1. The first-order valence-electron chi connectivity index (χ1n) is 7.46. The first-order valence-corrected chi connectivity index (χ1v) is 8.86. The Kier molecular flexibility index (Phi) is 4.28. The molecule has 1 aromatic heterocycles. The summed E-state index contributed by atoms with van der Waals surface area (Å²) >= 11 is 0. The Morgan fingerprint density at radius 3 is 2.92 bits per heavy atom. The van der Waals surface area contributed by atoms with Crippen molar-refractivity contribution in [2.75, 3.05) is 32.5 Å². The van der Waals surface area contributed by atoms with Crippen molar-refractivity contribution in [1.29, 1.82) is 0 Å². The fraction of sp³-hybridized carbons (Fsp3) is 0.500. The highest BCUT2D eigenvalue weighted by atomic mass is 32.2. The quantitative estimate of drug-likeness (QED) is 0.823. The predicted octanol–water partition coefficient (Wildman–Crippen LogP) is 0.0473. The zero-order valence-corrected chi connectivity index (χ0v) is 14.3. The van der Waals surface area contributed by atoms with Gasteiger partial charge in [-0.05, 0) is 12.1 Å². The summed E-state index contributed by atoms with van der Waals surface area (Å²) in [5, 5.41) is 6.58. The molecule has 0 bridgehead atoms. The van der Waals surface area contributed by atoms with E-state index in [4.69, 9.17) is 4.84 Å². The van der Waals surface area contributed by atoms with Gasteiger partial charge in [0.2, 0.25) is 0 Å². The molecule has 1 atom stereocenters. The lowest BCUT2D eigenvalue weighted by atomic mass is 9.96. The summed E-state index contributed by atoms with van der Waals surface area (Å²) < 4.78 is 26.9. The number of hydrogen-bond acceptors (Lipinski definition) is 6. The highest BCUT2D eigenvalue weighted by Gasteiger charge is 2.50. The van der Waals surface area contributed by atoms with Gasteiger partial charge in [0.05, 0.1) is 18.4 Å². The Labute approximate surface area is 140 Å². The molecule has 1 N–H and O–H groups in total. The molecule has 3 rings (SSSR count). The topological polar surface area (TPSA) is 104 Å². The fourth-order valence-corrected chi connectivity index (χ4v) is 3.92. The van der Waals surface area contributed by atoms with Crippen LogP contribution in [0.5, 0.6) is 0 Å². The summed E-state index contributed by atoms with van der Waals surface area (Å²) in [5.74, 6) is -0.367. The van der Waals surface area contributed by atoms with E-state index < -0.39 is 15.8 Å². The zero-order chi connectivity index (χ0) is 17.4. The lowest BCUT2D eigenvalue weighted by Gasteiger charge is -2.23. The number of rotatable bonds is 4. The smallest absolute Gasteiger partial charge is 0.281 e. The van der Waals surface area contributed by atoms with Crippen molar-refractivity contribution in [1.82, 2.24) is 13.6 Å². The van der Waals surface area contributed by atoms with E-state index in [0.29, 0.717) is 18.7 Å². The third-order valence-corrected chi connectivity index (χ3v) is 5.98. The second kappa shape index (κ2) is 6.11. The van der Waals surface area contributed by atoms with E-state index in [-0.39, 0.29) is 24.6 Å². The molecule has 1 aromatic rings. The molecule has 0 radical (unpaired) electrons. The normalized spacial score (nSPS) is 24.2.